The van der Waals surface area contributed by atoms with Gasteiger partial charge in [-0.3, -0.25) is 9.59 Å². The highest BCUT2D eigenvalue weighted by Gasteiger charge is 2.15. The molecule has 0 aliphatic heterocycles. The van der Waals surface area contributed by atoms with Crippen molar-refractivity contribution in [1.82, 2.24) is 0 Å². The first-order valence-corrected chi connectivity index (χ1v) is 9.33. The third-order valence-corrected chi connectivity index (χ3v) is 4.05. The smallest absolute Gasteiger partial charge is 0.337 e. The predicted octanol–water partition coefficient (Wildman–Crippen LogP) is 3.64. The number of nitrogens with one attached hydrogen (secondary N) is 1. The molecule has 2 amide bonds. The van der Waals surface area contributed by atoms with Crippen LogP contribution in [0.1, 0.15) is 37.6 Å². The molecule has 0 radical (unpaired) electrons. The summed E-state index contributed by atoms with van der Waals surface area (Å²) in [6.45, 7) is 5.53. The van der Waals surface area contributed by atoms with E-state index in [1.54, 1.807) is 48.5 Å². The summed E-state index contributed by atoms with van der Waals surface area (Å²) in [7, 11) is 1.31. The first-order valence-electron chi connectivity index (χ1n) is 9.33. The number of anilines is 2. The fourth-order valence-corrected chi connectivity index (χ4v) is 2.69. The van der Waals surface area contributed by atoms with Crippen LogP contribution in [0.4, 0.5) is 11.4 Å². The van der Waals surface area contributed by atoms with E-state index in [4.69, 9.17) is 4.74 Å². The summed E-state index contributed by atoms with van der Waals surface area (Å²) in [5.74, 6) is -0.120. The Morgan fingerprint density at radius 1 is 1.00 bits per heavy atom. The van der Waals surface area contributed by atoms with Crippen molar-refractivity contribution < 1.29 is 23.9 Å². The number of carbonyl (C=O) groups is 3. The normalized spacial score (nSPS) is 10.4. The number of benzene rings is 2. The van der Waals surface area contributed by atoms with Crippen molar-refractivity contribution in [2.45, 2.75) is 33.3 Å². The molecule has 0 heterocycles. The second kappa shape index (κ2) is 10.3. The Bertz CT molecular complexity index is 845. The fourth-order valence-electron chi connectivity index (χ4n) is 2.69. The molecular formula is C22H26N2O5. The molecule has 7 heteroatoms. The number of nitrogens with zero attached hydrogens (tertiary/aromatic N) is 1. The summed E-state index contributed by atoms with van der Waals surface area (Å²) >= 11 is 0. The van der Waals surface area contributed by atoms with Gasteiger partial charge in [0.1, 0.15) is 5.75 Å². The molecule has 0 saturated heterocycles. The molecule has 0 aliphatic carbocycles. The van der Waals surface area contributed by atoms with Gasteiger partial charge < -0.3 is 19.7 Å². The Morgan fingerprint density at radius 2 is 1.62 bits per heavy atom. The highest BCUT2D eigenvalue weighted by Crippen LogP contribution is 2.19. The molecule has 0 fully saturated rings. The van der Waals surface area contributed by atoms with Crippen LogP contribution in [-0.4, -0.2) is 37.5 Å². The van der Waals surface area contributed by atoms with Crippen molar-refractivity contribution >= 4 is 29.2 Å². The molecule has 0 bridgehead atoms. The number of methoxy groups -OCH3 is 1. The van der Waals surface area contributed by atoms with E-state index in [-0.39, 0.29) is 30.9 Å². The van der Waals surface area contributed by atoms with Gasteiger partial charge in [-0.05, 0) is 62.4 Å². The average Bonchev–Trinajstić information content (AvgIpc) is 2.69. The van der Waals surface area contributed by atoms with Gasteiger partial charge in [-0.25, -0.2) is 4.79 Å². The van der Waals surface area contributed by atoms with E-state index in [0.717, 1.165) is 5.75 Å². The number of hydrogen-bond acceptors (Lipinski definition) is 5. The Labute approximate surface area is 170 Å². The van der Waals surface area contributed by atoms with Crippen LogP contribution in [0.5, 0.6) is 5.75 Å². The van der Waals surface area contributed by atoms with E-state index >= 15 is 0 Å². The van der Waals surface area contributed by atoms with E-state index in [9.17, 15) is 14.4 Å². The van der Waals surface area contributed by atoms with Crippen LogP contribution >= 0.6 is 0 Å². The highest BCUT2D eigenvalue weighted by atomic mass is 16.5. The van der Waals surface area contributed by atoms with Gasteiger partial charge in [0.15, 0.2) is 0 Å². The largest absolute Gasteiger partial charge is 0.491 e. The quantitative estimate of drug-likeness (QED) is 0.686. The van der Waals surface area contributed by atoms with Crippen molar-refractivity contribution in [1.29, 1.82) is 0 Å². The zero-order valence-corrected chi connectivity index (χ0v) is 17.1. The zero-order valence-electron chi connectivity index (χ0n) is 17.1. The maximum Gasteiger partial charge on any atom is 0.337 e. The molecule has 0 saturated carbocycles. The first kappa shape index (κ1) is 21.9. The molecule has 154 valence electrons. The molecular weight excluding hydrogens is 372 g/mol. The van der Waals surface area contributed by atoms with Gasteiger partial charge >= 0.3 is 5.97 Å². The summed E-state index contributed by atoms with van der Waals surface area (Å²) < 4.78 is 10.2. The van der Waals surface area contributed by atoms with Crippen molar-refractivity contribution in [2.24, 2.45) is 0 Å². The van der Waals surface area contributed by atoms with Crippen LogP contribution in [0.25, 0.3) is 0 Å². The number of rotatable bonds is 8. The minimum Gasteiger partial charge on any atom is -0.491 e. The lowest BCUT2D eigenvalue weighted by molar-refractivity contribution is -0.117. The standard InChI is InChI=1S/C22H26N2O5/c1-15(2)29-20-11-7-18(8-12-20)23-21(26)13-14-24(16(3)25)19-9-5-17(6-10-19)22(27)28-4/h5-12,15H,13-14H2,1-4H3,(H,23,26). The topological polar surface area (TPSA) is 84.9 Å². The lowest BCUT2D eigenvalue weighted by atomic mass is 10.2. The van der Waals surface area contributed by atoms with E-state index in [0.29, 0.717) is 16.9 Å². The van der Waals surface area contributed by atoms with Gasteiger partial charge in [-0.1, -0.05) is 0 Å². The minimum absolute atomic E-state index is 0.0784. The van der Waals surface area contributed by atoms with Gasteiger partial charge in [0, 0.05) is 31.3 Å². The summed E-state index contributed by atoms with van der Waals surface area (Å²) in [6, 6.07) is 13.6. The number of carbonyl (C=O) groups excluding carboxylic acids is 3. The van der Waals surface area contributed by atoms with Gasteiger partial charge in [0.2, 0.25) is 11.8 Å². The molecule has 2 aromatic carbocycles. The van der Waals surface area contributed by atoms with Crippen LogP contribution in [0.2, 0.25) is 0 Å². The van der Waals surface area contributed by atoms with E-state index in [1.807, 2.05) is 13.8 Å². The number of amides is 2. The molecule has 7 nitrogen and oxygen atoms in total. The van der Waals surface area contributed by atoms with Crippen molar-refractivity contribution in [2.75, 3.05) is 23.9 Å². The summed E-state index contributed by atoms with van der Waals surface area (Å²) in [5.41, 5.74) is 1.65. The van der Waals surface area contributed by atoms with Gasteiger partial charge in [0.25, 0.3) is 0 Å². The summed E-state index contributed by atoms with van der Waals surface area (Å²) in [4.78, 5) is 37.3. The van der Waals surface area contributed by atoms with Gasteiger partial charge in [-0.2, -0.15) is 0 Å². The van der Waals surface area contributed by atoms with E-state index in [2.05, 4.69) is 10.1 Å². The van der Waals surface area contributed by atoms with Crippen LogP contribution in [0.3, 0.4) is 0 Å². The Morgan fingerprint density at radius 3 is 2.14 bits per heavy atom. The molecule has 2 aromatic rings. The highest BCUT2D eigenvalue weighted by molar-refractivity contribution is 5.95. The first-order chi connectivity index (χ1) is 13.8. The van der Waals surface area contributed by atoms with Crippen LogP contribution in [-0.2, 0) is 14.3 Å². The van der Waals surface area contributed by atoms with Gasteiger partial charge in [0.05, 0.1) is 18.8 Å². The van der Waals surface area contributed by atoms with Gasteiger partial charge in [-0.15, -0.1) is 0 Å². The summed E-state index contributed by atoms with van der Waals surface area (Å²) in [5, 5.41) is 2.81. The van der Waals surface area contributed by atoms with Crippen LogP contribution < -0.4 is 15.0 Å². The Hall–Kier alpha value is -3.35. The Balaban J connectivity index is 1.95. The maximum atomic E-state index is 12.3. The molecule has 2 rings (SSSR count). The molecule has 0 atom stereocenters. The lowest BCUT2D eigenvalue weighted by Crippen LogP contribution is -2.32. The molecule has 0 aromatic heterocycles. The molecule has 0 unspecified atom stereocenters. The SMILES string of the molecule is COC(=O)c1ccc(N(CCC(=O)Nc2ccc(OC(C)C)cc2)C(C)=O)cc1. The van der Waals surface area contributed by atoms with Crippen LogP contribution in [0, 0.1) is 0 Å². The van der Waals surface area contributed by atoms with Crippen molar-refractivity contribution in [3.8, 4) is 5.75 Å². The van der Waals surface area contributed by atoms with Crippen LogP contribution in [0.15, 0.2) is 48.5 Å². The predicted molar refractivity (Wildman–Crippen MR) is 111 cm³/mol. The van der Waals surface area contributed by atoms with Crippen molar-refractivity contribution in [3.05, 3.63) is 54.1 Å². The van der Waals surface area contributed by atoms with Crippen molar-refractivity contribution in [3.63, 3.8) is 0 Å². The molecule has 1 N–H and O–H groups in total. The number of hydrogen-bond donors (Lipinski definition) is 1. The molecule has 0 aliphatic rings. The molecule has 0 spiro atoms. The summed E-state index contributed by atoms with van der Waals surface area (Å²) in [6.07, 6.45) is 0.206. The second-order valence-corrected chi connectivity index (χ2v) is 6.70. The minimum atomic E-state index is -0.449. The Kier molecular flexibility index (Phi) is 7.77. The monoisotopic (exact) mass is 398 g/mol. The number of esters is 1. The third kappa shape index (κ3) is 6.64. The molecule has 29 heavy (non-hydrogen) atoms. The number of ether oxygens (including phenoxy) is 2. The van der Waals surface area contributed by atoms with E-state index in [1.165, 1.54) is 18.9 Å². The fraction of sp³-hybridized carbons (Fsp3) is 0.318. The second-order valence-electron chi connectivity index (χ2n) is 6.70. The third-order valence-electron chi connectivity index (χ3n) is 4.05. The average molecular weight is 398 g/mol. The maximum absolute atomic E-state index is 12.3. The van der Waals surface area contributed by atoms with E-state index < -0.39 is 5.97 Å². The lowest BCUT2D eigenvalue weighted by Gasteiger charge is -2.21. The zero-order chi connectivity index (χ0) is 21.4.